The van der Waals surface area contributed by atoms with Crippen molar-refractivity contribution in [2.75, 3.05) is 0 Å². The van der Waals surface area contributed by atoms with E-state index in [2.05, 4.69) is 76.2 Å². The zero-order chi connectivity index (χ0) is 25.3. The van der Waals surface area contributed by atoms with Crippen molar-refractivity contribution in [3.63, 3.8) is 0 Å². The van der Waals surface area contributed by atoms with Gasteiger partial charge in [-0.2, -0.15) is 0 Å². The Morgan fingerprint density at radius 1 is 0.472 bits per heavy atom. The average molecular weight is 555 g/mol. The Labute approximate surface area is 235 Å². The van der Waals surface area contributed by atoms with Crippen molar-refractivity contribution in [2.45, 2.75) is 91.9 Å². The molecular formula is C32H42S4. The molecule has 0 spiro atoms. The minimum absolute atomic E-state index is 0.835. The summed E-state index contributed by atoms with van der Waals surface area (Å²) in [5.41, 5.74) is 0. The molecule has 4 aromatic heterocycles. The summed E-state index contributed by atoms with van der Waals surface area (Å²) < 4.78 is 0. The number of unbranched alkanes of at least 4 members (excludes halogenated alkanes) is 2. The summed E-state index contributed by atoms with van der Waals surface area (Å²) in [6.45, 7) is 9.30. The van der Waals surface area contributed by atoms with Crippen LogP contribution in [-0.4, -0.2) is 0 Å². The van der Waals surface area contributed by atoms with Crippen LogP contribution < -0.4 is 0 Å². The molecule has 4 heterocycles. The van der Waals surface area contributed by atoms with Crippen LogP contribution in [0.25, 0.3) is 29.3 Å². The molecule has 0 aromatic carbocycles. The summed E-state index contributed by atoms with van der Waals surface area (Å²) in [7, 11) is 0. The van der Waals surface area contributed by atoms with Gasteiger partial charge in [0.2, 0.25) is 0 Å². The van der Waals surface area contributed by atoms with Gasteiger partial charge in [-0.05, 0) is 73.2 Å². The van der Waals surface area contributed by atoms with Gasteiger partial charge in [-0.1, -0.05) is 79.1 Å². The van der Waals surface area contributed by atoms with E-state index in [-0.39, 0.29) is 0 Å². The van der Waals surface area contributed by atoms with Gasteiger partial charge in [-0.15, -0.1) is 45.3 Å². The Morgan fingerprint density at radius 2 is 0.806 bits per heavy atom. The van der Waals surface area contributed by atoms with Crippen molar-refractivity contribution in [1.82, 2.24) is 0 Å². The van der Waals surface area contributed by atoms with Gasteiger partial charge in [0.15, 0.2) is 0 Å². The Hall–Kier alpha value is -1.20. The molecule has 0 saturated carbocycles. The first kappa shape index (κ1) is 27.8. The highest BCUT2D eigenvalue weighted by atomic mass is 32.1. The van der Waals surface area contributed by atoms with Crippen molar-refractivity contribution in [2.24, 2.45) is 11.8 Å². The van der Waals surface area contributed by atoms with Crippen LogP contribution in [0.2, 0.25) is 0 Å². The van der Waals surface area contributed by atoms with Crippen LogP contribution in [0.3, 0.4) is 0 Å². The zero-order valence-corrected chi connectivity index (χ0v) is 25.7. The third kappa shape index (κ3) is 7.43. The second-order valence-corrected chi connectivity index (χ2v) is 14.6. The number of rotatable bonds is 15. The molecule has 36 heavy (non-hydrogen) atoms. The van der Waals surface area contributed by atoms with E-state index >= 15 is 0 Å². The van der Waals surface area contributed by atoms with E-state index in [0.29, 0.717) is 0 Å². The predicted octanol–water partition coefficient (Wildman–Crippen LogP) is 12.5. The second-order valence-electron chi connectivity index (χ2n) is 10.1. The van der Waals surface area contributed by atoms with Gasteiger partial charge in [0.1, 0.15) is 0 Å². The Kier molecular flexibility index (Phi) is 10.9. The molecule has 0 amide bonds. The molecule has 4 rings (SSSR count). The number of thiophene rings is 4. The van der Waals surface area contributed by atoms with Gasteiger partial charge in [0.25, 0.3) is 0 Å². The molecule has 2 atom stereocenters. The van der Waals surface area contributed by atoms with Crippen LogP contribution in [0.1, 0.15) is 88.8 Å². The van der Waals surface area contributed by atoms with Crippen LogP contribution in [0.4, 0.5) is 0 Å². The molecule has 0 fully saturated rings. The molecule has 0 aliphatic rings. The molecule has 0 aliphatic heterocycles. The smallest absolute Gasteiger partial charge is 0.0449 e. The summed E-state index contributed by atoms with van der Waals surface area (Å²) in [6.07, 6.45) is 13.1. The summed E-state index contributed by atoms with van der Waals surface area (Å²) in [6, 6.07) is 18.7. The largest absolute Gasteiger partial charge is 0.139 e. The first-order valence-corrected chi connectivity index (χ1v) is 17.3. The van der Waals surface area contributed by atoms with Gasteiger partial charge in [0.05, 0.1) is 0 Å². The number of hydrogen-bond acceptors (Lipinski definition) is 4. The summed E-state index contributed by atoms with van der Waals surface area (Å²) in [5, 5.41) is 0. The minimum atomic E-state index is 0.835. The van der Waals surface area contributed by atoms with Crippen molar-refractivity contribution in [3.05, 3.63) is 58.3 Å². The fourth-order valence-electron chi connectivity index (χ4n) is 4.90. The topological polar surface area (TPSA) is 0 Å². The monoisotopic (exact) mass is 554 g/mol. The second kappa shape index (κ2) is 14.1. The lowest BCUT2D eigenvalue weighted by Gasteiger charge is -2.12. The zero-order valence-electron chi connectivity index (χ0n) is 22.5. The maximum Gasteiger partial charge on any atom is 0.0449 e. The van der Waals surface area contributed by atoms with Crippen molar-refractivity contribution >= 4 is 45.3 Å². The first-order chi connectivity index (χ1) is 17.6. The lowest BCUT2D eigenvalue weighted by atomic mass is 9.95. The Bertz CT molecular complexity index is 1080. The van der Waals surface area contributed by atoms with Crippen LogP contribution in [0.15, 0.2) is 48.5 Å². The van der Waals surface area contributed by atoms with Gasteiger partial charge < -0.3 is 0 Å². The van der Waals surface area contributed by atoms with E-state index < -0.39 is 0 Å². The molecule has 0 saturated heterocycles. The van der Waals surface area contributed by atoms with Gasteiger partial charge in [-0.25, -0.2) is 0 Å². The molecule has 0 N–H and O–H groups in total. The third-order valence-electron chi connectivity index (χ3n) is 7.33. The normalized spacial score (nSPS) is 13.3. The summed E-state index contributed by atoms with van der Waals surface area (Å²) >= 11 is 7.90. The quantitative estimate of drug-likeness (QED) is 0.137. The van der Waals surface area contributed by atoms with E-state index in [1.54, 1.807) is 9.75 Å². The predicted molar refractivity (Wildman–Crippen MR) is 168 cm³/mol. The van der Waals surface area contributed by atoms with Crippen molar-refractivity contribution < 1.29 is 0 Å². The lowest BCUT2D eigenvalue weighted by molar-refractivity contribution is 0.452. The van der Waals surface area contributed by atoms with Crippen LogP contribution >= 0.6 is 45.3 Å². The fraction of sp³-hybridized carbons (Fsp3) is 0.500. The first-order valence-electron chi connectivity index (χ1n) is 14.0. The molecule has 194 valence electrons. The summed E-state index contributed by atoms with van der Waals surface area (Å²) in [4.78, 5) is 11.6. The van der Waals surface area contributed by atoms with Crippen LogP contribution in [0.5, 0.6) is 0 Å². The molecule has 0 nitrogen and oxygen atoms in total. The van der Waals surface area contributed by atoms with Gasteiger partial charge >= 0.3 is 0 Å². The average Bonchev–Trinajstić information content (AvgIpc) is 3.70. The molecule has 4 aromatic rings. The lowest BCUT2D eigenvalue weighted by Crippen LogP contribution is -2.01. The number of hydrogen-bond donors (Lipinski definition) is 0. The Balaban J connectivity index is 1.40. The summed E-state index contributed by atoms with van der Waals surface area (Å²) in [5.74, 6) is 1.67. The highest BCUT2D eigenvalue weighted by Crippen LogP contribution is 2.43. The van der Waals surface area contributed by atoms with Gasteiger partial charge in [-0.3, -0.25) is 0 Å². The van der Waals surface area contributed by atoms with Gasteiger partial charge in [0, 0.05) is 39.0 Å². The standard InChI is InChI=1S/C32H42S4/c1-5-9-11-23(7-3)21-25-13-15-27(33-25)29-17-19-31(35-29)32-20-18-30(36-32)28-16-14-26(34-28)22-24(8-4)12-10-6-2/h13-20,23-24H,5-12,21-22H2,1-4H3. The molecule has 0 bridgehead atoms. The SMILES string of the molecule is CCCCC(CC)Cc1ccc(-c2ccc(-c3ccc(-c4ccc(CC(CC)CCCC)s4)s3)s2)s1. The van der Waals surface area contributed by atoms with E-state index in [9.17, 15) is 0 Å². The van der Waals surface area contributed by atoms with Crippen molar-refractivity contribution in [1.29, 1.82) is 0 Å². The molecule has 4 heteroatoms. The van der Waals surface area contributed by atoms with Crippen molar-refractivity contribution in [3.8, 4) is 29.3 Å². The maximum absolute atomic E-state index is 2.37. The fourth-order valence-corrected chi connectivity index (χ4v) is 9.43. The maximum atomic E-state index is 2.37. The highest BCUT2D eigenvalue weighted by Gasteiger charge is 2.14. The Morgan fingerprint density at radius 3 is 1.14 bits per heavy atom. The minimum Gasteiger partial charge on any atom is -0.139 e. The molecular weight excluding hydrogens is 513 g/mol. The van der Waals surface area contributed by atoms with E-state index in [1.807, 2.05) is 45.3 Å². The third-order valence-corrected chi connectivity index (χ3v) is 12.3. The van der Waals surface area contributed by atoms with E-state index in [0.717, 1.165) is 11.8 Å². The molecule has 0 radical (unpaired) electrons. The molecule has 0 aliphatic carbocycles. The van der Waals surface area contributed by atoms with E-state index in [4.69, 9.17) is 0 Å². The highest BCUT2D eigenvalue weighted by molar-refractivity contribution is 7.28. The van der Waals surface area contributed by atoms with Crippen LogP contribution in [0, 0.1) is 11.8 Å². The van der Waals surface area contributed by atoms with E-state index in [1.165, 1.54) is 93.5 Å². The molecule has 2 unspecified atom stereocenters. The van der Waals surface area contributed by atoms with Crippen LogP contribution in [-0.2, 0) is 12.8 Å².